The highest BCUT2D eigenvalue weighted by atomic mass is 16.5. The fourth-order valence-electron chi connectivity index (χ4n) is 2.08. The molecule has 21 heavy (non-hydrogen) atoms. The van der Waals surface area contributed by atoms with Crippen molar-refractivity contribution in [2.24, 2.45) is 0 Å². The summed E-state index contributed by atoms with van der Waals surface area (Å²) in [6.45, 7) is 0. The van der Waals surface area contributed by atoms with Gasteiger partial charge in [-0.15, -0.1) is 0 Å². The van der Waals surface area contributed by atoms with Crippen LogP contribution < -0.4 is 10.3 Å². The molecule has 1 aliphatic carbocycles. The molecule has 1 saturated carbocycles. The minimum atomic E-state index is -0.888. The first-order valence-corrected chi connectivity index (χ1v) is 6.69. The van der Waals surface area contributed by atoms with Gasteiger partial charge in [0.05, 0.1) is 6.42 Å². The molecule has 1 aliphatic rings. The standard InChI is InChI=1S/C15H14N2O4/c18-13(19)9-10-1-5-12(6-2-10)21-14-15(20)17(8-7-16-14)11-3-4-11/h1-2,5-8,11H,3-4,9H2,(H,18,19). The molecule has 0 aliphatic heterocycles. The molecule has 6 heteroatoms. The van der Waals surface area contributed by atoms with Gasteiger partial charge < -0.3 is 14.4 Å². The van der Waals surface area contributed by atoms with Gasteiger partial charge in [0.15, 0.2) is 0 Å². The van der Waals surface area contributed by atoms with Gasteiger partial charge in [-0.05, 0) is 30.5 Å². The minimum Gasteiger partial charge on any atom is -0.481 e. The van der Waals surface area contributed by atoms with Gasteiger partial charge in [0.1, 0.15) is 5.75 Å². The number of aromatic nitrogens is 2. The summed E-state index contributed by atoms with van der Waals surface area (Å²) < 4.78 is 7.14. The van der Waals surface area contributed by atoms with Crippen molar-refractivity contribution in [1.82, 2.24) is 9.55 Å². The van der Waals surface area contributed by atoms with E-state index in [1.165, 1.54) is 0 Å². The largest absolute Gasteiger partial charge is 0.481 e. The van der Waals surface area contributed by atoms with E-state index in [1.807, 2.05) is 0 Å². The van der Waals surface area contributed by atoms with Crippen LogP contribution in [-0.2, 0) is 11.2 Å². The summed E-state index contributed by atoms with van der Waals surface area (Å²) in [5, 5.41) is 8.71. The Kier molecular flexibility index (Phi) is 3.43. The molecule has 0 unspecified atom stereocenters. The monoisotopic (exact) mass is 286 g/mol. The third-order valence-electron chi connectivity index (χ3n) is 3.27. The molecule has 0 bridgehead atoms. The van der Waals surface area contributed by atoms with Crippen molar-refractivity contribution >= 4 is 5.97 Å². The van der Waals surface area contributed by atoms with E-state index in [9.17, 15) is 9.59 Å². The fourth-order valence-corrected chi connectivity index (χ4v) is 2.08. The van der Waals surface area contributed by atoms with E-state index in [1.54, 1.807) is 41.2 Å². The first kappa shape index (κ1) is 13.4. The van der Waals surface area contributed by atoms with Crippen molar-refractivity contribution in [3.63, 3.8) is 0 Å². The summed E-state index contributed by atoms with van der Waals surface area (Å²) in [4.78, 5) is 26.7. The molecule has 1 N–H and O–H groups in total. The number of carbonyl (C=O) groups is 1. The van der Waals surface area contributed by atoms with E-state index >= 15 is 0 Å². The lowest BCUT2D eigenvalue weighted by atomic mass is 10.1. The van der Waals surface area contributed by atoms with E-state index in [0.29, 0.717) is 11.3 Å². The third kappa shape index (κ3) is 3.10. The van der Waals surface area contributed by atoms with Crippen LogP contribution in [0.2, 0.25) is 0 Å². The van der Waals surface area contributed by atoms with Crippen LogP contribution >= 0.6 is 0 Å². The van der Waals surface area contributed by atoms with Crippen LogP contribution in [0.25, 0.3) is 0 Å². The first-order valence-electron chi connectivity index (χ1n) is 6.69. The van der Waals surface area contributed by atoms with Crippen LogP contribution in [0.4, 0.5) is 0 Å². The van der Waals surface area contributed by atoms with Crippen LogP contribution in [0.1, 0.15) is 24.4 Å². The number of carboxylic acids is 1. The van der Waals surface area contributed by atoms with E-state index in [0.717, 1.165) is 12.8 Å². The highest BCUT2D eigenvalue weighted by Gasteiger charge is 2.25. The van der Waals surface area contributed by atoms with Crippen LogP contribution in [0.15, 0.2) is 41.5 Å². The lowest BCUT2D eigenvalue weighted by Crippen LogP contribution is -2.20. The number of carboxylic acid groups (broad SMARTS) is 1. The summed E-state index contributed by atoms with van der Waals surface area (Å²) in [5.41, 5.74) is 0.431. The zero-order valence-corrected chi connectivity index (χ0v) is 11.2. The van der Waals surface area contributed by atoms with Crippen molar-refractivity contribution in [3.05, 3.63) is 52.6 Å². The van der Waals surface area contributed by atoms with Gasteiger partial charge in [-0.25, -0.2) is 4.98 Å². The highest BCUT2D eigenvalue weighted by molar-refractivity contribution is 5.70. The maximum Gasteiger partial charge on any atom is 0.313 e. The molecular formula is C15H14N2O4. The average Bonchev–Trinajstić information content (AvgIpc) is 3.27. The molecule has 1 aromatic carbocycles. The highest BCUT2D eigenvalue weighted by Crippen LogP contribution is 2.33. The Bertz CT molecular complexity index is 717. The van der Waals surface area contributed by atoms with E-state index in [4.69, 9.17) is 9.84 Å². The molecule has 108 valence electrons. The fraction of sp³-hybridized carbons (Fsp3) is 0.267. The number of aliphatic carboxylic acids is 1. The van der Waals surface area contributed by atoms with Crippen molar-refractivity contribution < 1.29 is 14.6 Å². The van der Waals surface area contributed by atoms with Gasteiger partial charge in [0.25, 0.3) is 5.88 Å². The maximum atomic E-state index is 12.2. The van der Waals surface area contributed by atoms with Gasteiger partial charge >= 0.3 is 11.5 Å². The molecule has 1 aromatic heterocycles. The zero-order valence-electron chi connectivity index (χ0n) is 11.2. The normalized spacial score (nSPS) is 13.9. The summed E-state index contributed by atoms with van der Waals surface area (Å²) in [5.74, 6) is -0.390. The van der Waals surface area contributed by atoms with Gasteiger partial charge in [-0.2, -0.15) is 0 Å². The van der Waals surface area contributed by atoms with E-state index in [2.05, 4.69) is 4.98 Å². The first-order chi connectivity index (χ1) is 10.1. The predicted octanol–water partition coefficient (Wildman–Crippen LogP) is 2.00. The second kappa shape index (κ2) is 5.40. The number of hydrogen-bond donors (Lipinski definition) is 1. The zero-order chi connectivity index (χ0) is 14.8. The molecule has 3 rings (SSSR count). The number of hydrogen-bond acceptors (Lipinski definition) is 4. The molecule has 2 aromatic rings. The Morgan fingerprint density at radius 1 is 1.33 bits per heavy atom. The van der Waals surface area contributed by atoms with Crippen molar-refractivity contribution in [2.45, 2.75) is 25.3 Å². The molecule has 1 fully saturated rings. The average molecular weight is 286 g/mol. The van der Waals surface area contributed by atoms with E-state index in [-0.39, 0.29) is 23.9 Å². The van der Waals surface area contributed by atoms with Crippen molar-refractivity contribution in [3.8, 4) is 11.6 Å². The Morgan fingerprint density at radius 3 is 2.67 bits per heavy atom. The third-order valence-corrected chi connectivity index (χ3v) is 3.27. The second-order valence-corrected chi connectivity index (χ2v) is 4.99. The summed E-state index contributed by atoms with van der Waals surface area (Å²) in [7, 11) is 0. The minimum absolute atomic E-state index is 0.0374. The van der Waals surface area contributed by atoms with Crippen LogP contribution in [0, 0.1) is 0 Å². The number of benzene rings is 1. The summed E-state index contributed by atoms with van der Waals surface area (Å²) in [6.07, 6.45) is 5.19. The summed E-state index contributed by atoms with van der Waals surface area (Å²) >= 11 is 0. The van der Waals surface area contributed by atoms with E-state index < -0.39 is 5.97 Å². The Hall–Kier alpha value is -2.63. The molecule has 1 heterocycles. The predicted molar refractivity (Wildman–Crippen MR) is 74.6 cm³/mol. The molecule has 6 nitrogen and oxygen atoms in total. The topological polar surface area (TPSA) is 81.4 Å². The van der Waals surface area contributed by atoms with Gasteiger partial charge in [-0.3, -0.25) is 9.59 Å². The smallest absolute Gasteiger partial charge is 0.313 e. The molecule has 0 spiro atoms. The number of nitrogens with zero attached hydrogens (tertiary/aromatic N) is 2. The SMILES string of the molecule is O=C(O)Cc1ccc(Oc2nccn(C3CC3)c2=O)cc1. The lowest BCUT2D eigenvalue weighted by Gasteiger charge is -2.07. The van der Waals surface area contributed by atoms with Crippen molar-refractivity contribution in [2.75, 3.05) is 0 Å². The van der Waals surface area contributed by atoms with Crippen LogP contribution in [0.5, 0.6) is 11.6 Å². The van der Waals surface area contributed by atoms with Crippen molar-refractivity contribution in [1.29, 1.82) is 0 Å². The molecule has 0 radical (unpaired) electrons. The van der Waals surface area contributed by atoms with Crippen LogP contribution in [-0.4, -0.2) is 20.6 Å². The van der Waals surface area contributed by atoms with Crippen LogP contribution in [0.3, 0.4) is 0 Å². The Balaban J connectivity index is 1.79. The molecule has 0 saturated heterocycles. The Labute approximate surface area is 120 Å². The molecule has 0 atom stereocenters. The lowest BCUT2D eigenvalue weighted by molar-refractivity contribution is -0.136. The number of ether oxygens (including phenoxy) is 1. The Morgan fingerprint density at radius 2 is 2.05 bits per heavy atom. The second-order valence-electron chi connectivity index (χ2n) is 4.99. The summed E-state index contributed by atoms with van der Waals surface area (Å²) in [6, 6.07) is 6.85. The van der Waals surface area contributed by atoms with Gasteiger partial charge in [0, 0.05) is 18.4 Å². The quantitative estimate of drug-likeness (QED) is 0.909. The number of rotatable bonds is 5. The van der Waals surface area contributed by atoms with Gasteiger partial charge in [-0.1, -0.05) is 12.1 Å². The molecular weight excluding hydrogens is 272 g/mol. The molecule has 0 amide bonds. The van der Waals surface area contributed by atoms with Gasteiger partial charge in [0.2, 0.25) is 0 Å². The maximum absolute atomic E-state index is 12.2.